The van der Waals surface area contributed by atoms with Crippen LogP contribution in [0.2, 0.25) is 0 Å². The molecule has 0 bridgehead atoms. The van der Waals surface area contributed by atoms with E-state index in [0.717, 1.165) is 5.56 Å². The summed E-state index contributed by atoms with van der Waals surface area (Å²) in [7, 11) is -2.18. The van der Waals surface area contributed by atoms with Gasteiger partial charge in [-0.2, -0.15) is 4.36 Å². The lowest BCUT2D eigenvalue weighted by atomic mass is 9.89. The minimum absolute atomic E-state index is 0.0262. The van der Waals surface area contributed by atoms with Crippen LogP contribution < -0.4 is 0 Å². The van der Waals surface area contributed by atoms with Crippen molar-refractivity contribution in [2.75, 3.05) is 12.5 Å². The maximum Gasteiger partial charge on any atom is 0.257 e. The lowest BCUT2D eigenvalue weighted by Crippen LogP contribution is -2.11. The molecule has 0 fully saturated rings. The van der Waals surface area contributed by atoms with Crippen LogP contribution in [0, 0.1) is 0 Å². The van der Waals surface area contributed by atoms with Crippen molar-refractivity contribution in [1.29, 1.82) is 0 Å². The first-order valence-corrected chi connectivity index (χ1v) is 7.01. The summed E-state index contributed by atoms with van der Waals surface area (Å²) in [5.41, 5.74) is 1.07. The fraction of sp³-hybridized carbons (Fsp3) is 0.600. The molecule has 0 aliphatic heterocycles. The SMILES string of the molecule is CC(C)(C)c1cnc(N=S(C)(C)=O)nc1. The van der Waals surface area contributed by atoms with Crippen LogP contribution in [0.25, 0.3) is 0 Å². The molecule has 0 aliphatic rings. The molecule has 1 heterocycles. The molecule has 0 atom stereocenters. The number of hydrogen-bond acceptors (Lipinski definition) is 4. The van der Waals surface area contributed by atoms with Gasteiger partial charge in [0, 0.05) is 34.6 Å². The Kier molecular flexibility index (Phi) is 3.13. The van der Waals surface area contributed by atoms with Gasteiger partial charge in [-0.15, -0.1) is 0 Å². The average molecular weight is 227 g/mol. The van der Waals surface area contributed by atoms with Crippen LogP contribution in [0.15, 0.2) is 16.8 Å². The molecule has 0 amide bonds. The summed E-state index contributed by atoms with van der Waals surface area (Å²) in [6.45, 7) is 6.27. The summed E-state index contributed by atoms with van der Waals surface area (Å²) in [5.74, 6) is 0.290. The van der Waals surface area contributed by atoms with Crippen molar-refractivity contribution in [1.82, 2.24) is 9.97 Å². The molecule has 0 spiro atoms. The predicted octanol–water partition coefficient (Wildman–Crippen LogP) is 2.13. The van der Waals surface area contributed by atoms with E-state index in [1.54, 1.807) is 24.9 Å². The lowest BCUT2D eigenvalue weighted by Gasteiger charge is -2.17. The van der Waals surface area contributed by atoms with Crippen LogP contribution in [0.4, 0.5) is 5.95 Å². The van der Waals surface area contributed by atoms with Crippen molar-refractivity contribution < 1.29 is 4.21 Å². The smallest absolute Gasteiger partial charge is 0.250 e. The predicted molar refractivity (Wildman–Crippen MR) is 62.8 cm³/mol. The van der Waals surface area contributed by atoms with E-state index in [1.807, 2.05) is 0 Å². The van der Waals surface area contributed by atoms with Crippen molar-refractivity contribution in [3.05, 3.63) is 18.0 Å². The summed E-state index contributed by atoms with van der Waals surface area (Å²) in [6, 6.07) is 0. The Hall–Kier alpha value is -0.970. The fourth-order valence-electron chi connectivity index (χ4n) is 0.952. The summed E-state index contributed by atoms with van der Waals surface area (Å²) in [5, 5.41) is 0. The van der Waals surface area contributed by atoms with Gasteiger partial charge in [0.05, 0.1) is 0 Å². The van der Waals surface area contributed by atoms with Crippen molar-refractivity contribution in [2.45, 2.75) is 26.2 Å². The summed E-state index contributed by atoms with van der Waals surface area (Å²) < 4.78 is 15.3. The van der Waals surface area contributed by atoms with Crippen LogP contribution in [0.5, 0.6) is 0 Å². The maximum absolute atomic E-state index is 11.4. The van der Waals surface area contributed by atoms with Gasteiger partial charge in [0.25, 0.3) is 5.95 Å². The maximum atomic E-state index is 11.4. The molecule has 0 unspecified atom stereocenters. The van der Waals surface area contributed by atoms with Crippen LogP contribution in [0.1, 0.15) is 26.3 Å². The first-order valence-electron chi connectivity index (χ1n) is 4.68. The van der Waals surface area contributed by atoms with Crippen molar-refractivity contribution in [3.8, 4) is 0 Å². The molecular formula is C10H17N3OS. The molecule has 0 aromatic carbocycles. The summed E-state index contributed by atoms with van der Waals surface area (Å²) in [6.07, 6.45) is 6.59. The minimum atomic E-state index is -2.18. The molecule has 84 valence electrons. The van der Waals surface area contributed by atoms with Crippen LogP contribution >= 0.6 is 0 Å². The number of aromatic nitrogens is 2. The van der Waals surface area contributed by atoms with E-state index >= 15 is 0 Å². The molecule has 5 heteroatoms. The highest BCUT2D eigenvalue weighted by atomic mass is 32.2. The van der Waals surface area contributed by atoms with E-state index in [1.165, 1.54) is 0 Å². The van der Waals surface area contributed by atoms with E-state index < -0.39 is 9.73 Å². The normalized spacial score (nSPS) is 12.6. The van der Waals surface area contributed by atoms with Gasteiger partial charge in [0.1, 0.15) is 0 Å². The van der Waals surface area contributed by atoms with Crippen molar-refractivity contribution in [3.63, 3.8) is 0 Å². The molecule has 0 N–H and O–H groups in total. The second-order valence-corrected chi connectivity index (χ2v) is 7.34. The third-order valence-electron chi connectivity index (χ3n) is 1.81. The molecular weight excluding hydrogens is 210 g/mol. The lowest BCUT2D eigenvalue weighted by molar-refractivity contribution is 0.584. The van der Waals surface area contributed by atoms with Gasteiger partial charge in [-0.25, -0.2) is 14.2 Å². The number of hydrogen-bond donors (Lipinski definition) is 0. The zero-order chi connectivity index (χ0) is 11.7. The third-order valence-corrected chi connectivity index (χ3v) is 2.41. The standard InChI is InChI=1S/C10H17N3OS/c1-10(2,3)8-6-11-9(12-7-8)13-15(4,5)14/h6-7H,1-5H3. The van der Waals surface area contributed by atoms with E-state index in [0.29, 0.717) is 0 Å². The van der Waals surface area contributed by atoms with Gasteiger partial charge < -0.3 is 0 Å². The molecule has 0 saturated heterocycles. The minimum Gasteiger partial charge on any atom is -0.250 e. The average Bonchev–Trinajstić information content (AvgIpc) is 2.00. The number of rotatable bonds is 1. The molecule has 1 aromatic rings. The van der Waals surface area contributed by atoms with Gasteiger partial charge >= 0.3 is 0 Å². The van der Waals surface area contributed by atoms with E-state index in [4.69, 9.17) is 0 Å². The monoisotopic (exact) mass is 227 g/mol. The van der Waals surface area contributed by atoms with E-state index in [2.05, 4.69) is 35.1 Å². The third kappa shape index (κ3) is 3.95. The van der Waals surface area contributed by atoms with Gasteiger partial charge in [0.2, 0.25) is 0 Å². The highest BCUT2D eigenvalue weighted by Gasteiger charge is 2.14. The Morgan fingerprint density at radius 2 is 1.67 bits per heavy atom. The largest absolute Gasteiger partial charge is 0.257 e. The summed E-state index contributed by atoms with van der Waals surface area (Å²) >= 11 is 0. The first-order chi connectivity index (χ1) is 6.68. The molecule has 15 heavy (non-hydrogen) atoms. The second-order valence-electron chi connectivity index (χ2n) is 4.79. The molecule has 4 nitrogen and oxygen atoms in total. The Bertz CT molecular complexity index is 443. The Balaban J connectivity index is 3.07. The molecule has 0 radical (unpaired) electrons. The highest BCUT2D eigenvalue weighted by molar-refractivity contribution is 7.92. The quantitative estimate of drug-likeness (QED) is 0.738. The van der Waals surface area contributed by atoms with E-state index in [9.17, 15) is 4.21 Å². The molecule has 0 saturated carbocycles. The highest BCUT2D eigenvalue weighted by Crippen LogP contribution is 2.21. The van der Waals surface area contributed by atoms with Crippen LogP contribution in [-0.4, -0.2) is 26.7 Å². The summed E-state index contributed by atoms with van der Waals surface area (Å²) in [4.78, 5) is 8.15. The van der Waals surface area contributed by atoms with Crippen molar-refractivity contribution >= 4 is 15.7 Å². The van der Waals surface area contributed by atoms with Crippen LogP contribution in [-0.2, 0) is 15.1 Å². The topological polar surface area (TPSA) is 55.2 Å². The van der Waals surface area contributed by atoms with E-state index in [-0.39, 0.29) is 11.4 Å². The van der Waals surface area contributed by atoms with Gasteiger partial charge in [-0.1, -0.05) is 20.8 Å². The van der Waals surface area contributed by atoms with Crippen LogP contribution in [0.3, 0.4) is 0 Å². The fourth-order valence-corrected chi connectivity index (χ4v) is 1.44. The first kappa shape index (κ1) is 12.1. The second kappa shape index (κ2) is 3.89. The van der Waals surface area contributed by atoms with Crippen molar-refractivity contribution in [2.24, 2.45) is 4.36 Å². The van der Waals surface area contributed by atoms with Gasteiger partial charge in [0.15, 0.2) is 0 Å². The van der Waals surface area contributed by atoms with Gasteiger partial charge in [-0.3, -0.25) is 0 Å². The Labute approximate surface area is 91.3 Å². The Morgan fingerprint density at radius 3 is 2.00 bits per heavy atom. The molecule has 0 aliphatic carbocycles. The molecule has 1 rings (SSSR count). The molecule has 1 aromatic heterocycles. The van der Waals surface area contributed by atoms with Gasteiger partial charge in [-0.05, 0) is 11.0 Å². The Morgan fingerprint density at radius 1 is 1.20 bits per heavy atom. The zero-order valence-corrected chi connectivity index (χ0v) is 10.6. The zero-order valence-electron chi connectivity index (χ0n) is 9.81. The number of nitrogens with zero attached hydrogens (tertiary/aromatic N) is 3.